The molecule has 1 aromatic rings. The molecule has 0 aliphatic rings. The topological polar surface area (TPSA) is 38.7 Å². The molecule has 0 aromatic heterocycles. The number of unbranched alkanes of at least 4 members (excludes halogenated alkanes) is 5. The molecule has 22 heavy (non-hydrogen) atoms. The summed E-state index contributed by atoms with van der Waals surface area (Å²) in [6, 6.07) is 8.38. The van der Waals surface area contributed by atoms with Crippen LogP contribution in [0.25, 0.3) is 0 Å². The molecule has 126 valence electrons. The molecule has 1 aromatic carbocycles. The largest absolute Gasteiger partial charge is 0.488 e. The lowest BCUT2D eigenvalue weighted by Crippen LogP contribution is -2.20. The summed E-state index contributed by atoms with van der Waals surface area (Å²) in [5, 5.41) is 8.66. The van der Waals surface area contributed by atoms with E-state index in [1.54, 1.807) is 0 Å². The third-order valence-corrected chi connectivity index (χ3v) is 3.67. The predicted octanol–water partition coefficient (Wildman–Crippen LogP) is 4.37. The smallest absolute Gasteiger partial charge is 0.119 e. The summed E-state index contributed by atoms with van der Waals surface area (Å²) in [5.74, 6) is 0.881. The molecule has 0 saturated heterocycles. The molecule has 3 nitrogen and oxygen atoms in total. The van der Waals surface area contributed by atoms with Crippen molar-refractivity contribution in [2.45, 2.75) is 64.9 Å². The molecule has 0 aliphatic heterocycles. The van der Waals surface area contributed by atoms with Gasteiger partial charge in [0.05, 0.1) is 19.8 Å². The fraction of sp³-hybridized carbons (Fsp3) is 0.684. The standard InChI is InChI=1S/C19H32O3/c1-3-4-5-6-7-8-9-18-10-12-19(13-11-18)22-17(2)16-21-15-14-20/h10-13,17,20H,3-9,14-16H2,1-2H3. The number of aliphatic hydroxyl groups is 1. The quantitative estimate of drug-likeness (QED) is 0.550. The minimum absolute atomic E-state index is 0.00374. The fourth-order valence-electron chi connectivity index (χ4n) is 2.42. The highest BCUT2D eigenvalue weighted by atomic mass is 16.5. The second-order valence-electron chi connectivity index (χ2n) is 5.89. The van der Waals surface area contributed by atoms with Crippen molar-refractivity contribution in [2.24, 2.45) is 0 Å². The van der Waals surface area contributed by atoms with Gasteiger partial charge in [-0.25, -0.2) is 0 Å². The fourth-order valence-corrected chi connectivity index (χ4v) is 2.42. The summed E-state index contributed by atoms with van der Waals surface area (Å²) < 4.78 is 11.0. The Hall–Kier alpha value is -1.06. The van der Waals surface area contributed by atoms with Crippen LogP contribution in [-0.4, -0.2) is 31.0 Å². The van der Waals surface area contributed by atoms with Gasteiger partial charge in [-0.05, 0) is 37.5 Å². The number of hydrogen-bond acceptors (Lipinski definition) is 3. The van der Waals surface area contributed by atoms with Crippen LogP contribution in [0, 0.1) is 0 Å². The van der Waals surface area contributed by atoms with Gasteiger partial charge in [-0.2, -0.15) is 0 Å². The highest BCUT2D eigenvalue weighted by Gasteiger charge is 2.04. The van der Waals surface area contributed by atoms with E-state index in [2.05, 4.69) is 19.1 Å². The minimum atomic E-state index is -0.00374. The minimum Gasteiger partial charge on any atom is -0.488 e. The molecule has 1 unspecified atom stereocenters. The molecular formula is C19H32O3. The molecule has 3 heteroatoms. The molecule has 0 fully saturated rings. The summed E-state index contributed by atoms with van der Waals surface area (Å²) in [4.78, 5) is 0. The maximum Gasteiger partial charge on any atom is 0.119 e. The lowest BCUT2D eigenvalue weighted by atomic mass is 10.0. The molecule has 0 spiro atoms. The van der Waals surface area contributed by atoms with Gasteiger partial charge in [-0.1, -0.05) is 51.2 Å². The number of ether oxygens (including phenoxy) is 2. The Morgan fingerprint density at radius 2 is 1.68 bits per heavy atom. The SMILES string of the molecule is CCCCCCCCc1ccc(OC(C)COCCO)cc1. The first-order valence-corrected chi connectivity index (χ1v) is 8.70. The van der Waals surface area contributed by atoms with Crippen molar-refractivity contribution >= 4 is 0 Å². The van der Waals surface area contributed by atoms with Gasteiger partial charge < -0.3 is 14.6 Å². The van der Waals surface area contributed by atoms with E-state index in [4.69, 9.17) is 14.6 Å². The van der Waals surface area contributed by atoms with Gasteiger partial charge >= 0.3 is 0 Å². The zero-order chi connectivity index (χ0) is 16.0. The summed E-state index contributed by atoms with van der Waals surface area (Å²) in [6.45, 7) is 5.15. The van der Waals surface area contributed by atoms with Crippen LogP contribution in [0.3, 0.4) is 0 Å². The zero-order valence-corrected chi connectivity index (χ0v) is 14.2. The molecular weight excluding hydrogens is 276 g/mol. The van der Waals surface area contributed by atoms with Crippen LogP contribution in [-0.2, 0) is 11.2 Å². The molecule has 0 aliphatic carbocycles. The summed E-state index contributed by atoms with van der Waals surface area (Å²) in [5.41, 5.74) is 1.38. The van der Waals surface area contributed by atoms with Gasteiger partial charge in [0.25, 0.3) is 0 Å². The van der Waals surface area contributed by atoms with Crippen molar-refractivity contribution in [1.29, 1.82) is 0 Å². The van der Waals surface area contributed by atoms with Gasteiger partial charge in [0.1, 0.15) is 11.9 Å². The monoisotopic (exact) mass is 308 g/mol. The van der Waals surface area contributed by atoms with Crippen LogP contribution in [0.5, 0.6) is 5.75 Å². The van der Waals surface area contributed by atoms with E-state index in [1.807, 2.05) is 19.1 Å². The van der Waals surface area contributed by atoms with Crippen molar-refractivity contribution in [1.82, 2.24) is 0 Å². The van der Waals surface area contributed by atoms with Crippen LogP contribution in [0.4, 0.5) is 0 Å². The average Bonchev–Trinajstić information content (AvgIpc) is 2.52. The first-order chi connectivity index (χ1) is 10.8. The van der Waals surface area contributed by atoms with Crippen LogP contribution < -0.4 is 4.74 Å². The van der Waals surface area contributed by atoms with Crippen LogP contribution >= 0.6 is 0 Å². The van der Waals surface area contributed by atoms with E-state index in [0.29, 0.717) is 13.2 Å². The Bertz CT molecular complexity index is 361. The van der Waals surface area contributed by atoms with Crippen molar-refractivity contribution in [2.75, 3.05) is 19.8 Å². The molecule has 0 saturated carbocycles. The Kier molecular flexibility index (Phi) is 10.8. The molecule has 0 heterocycles. The number of benzene rings is 1. The third kappa shape index (κ3) is 9.06. The molecule has 1 atom stereocenters. The zero-order valence-electron chi connectivity index (χ0n) is 14.2. The van der Waals surface area contributed by atoms with Gasteiger partial charge in [0, 0.05) is 0 Å². The van der Waals surface area contributed by atoms with E-state index in [0.717, 1.165) is 12.2 Å². The third-order valence-electron chi connectivity index (χ3n) is 3.67. The maximum absolute atomic E-state index is 8.66. The van der Waals surface area contributed by atoms with E-state index in [9.17, 15) is 0 Å². The van der Waals surface area contributed by atoms with E-state index < -0.39 is 0 Å². The van der Waals surface area contributed by atoms with Crippen molar-refractivity contribution in [3.63, 3.8) is 0 Å². The predicted molar refractivity (Wildman–Crippen MR) is 91.5 cm³/mol. The number of rotatable bonds is 13. The Morgan fingerprint density at radius 1 is 1.00 bits per heavy atom. The second-order valence-corrected chi connectivity index (χ2v) is 5.89. The lowest BCUT2D eigenvalue weighted by Gasteiger charge is -2.15. The number of hydrogen-bond donors (Lipinski definition) is 1. The van der Waals surface area contributed by atoms with Crippen molar-refractivity contribution in [3.8, 4) is 5.75 Å². The van der Waals surface area contributed by atoms with Crippen LogP contribution in [0.15, 0.2) is 24.3 Å². The Morgan fingerprint density at radius 3 is 2.36 bits per heavy atom. The highest BCUT2D eigenvalue weighted by molar-refractivity contribution is 5.27. The molecule has 0 bridgehead atoms. The van der Waals surface area contributed by atoms with Gasteiger partial charge in [0.2, 0.25) is 0 Å². The lowest BCUT2D eigenvalue weighted by molar-refractivity contribution is 0.0390. The number of aliphatic hydroxyl groups excluding tert-OH is 1. The molecule has 1 N–H and O–H groups in total. The van der Waals surface area contributed by atoms with E-state index >= 15 is 0 Å². The van der Waals surface area contributed by atoms with Crippen molar-refractivity contribution in [3.05, 3.63) is 29.8 Å². The Labute approximate surface area is 135 Å². The molecule has 1 rings (SSSR count). The second kappa shape index (κ2) is 12.5. The Balaban J connectivity index is 2.19. The summed E-state index contributed by atoms with van der Waals surface area (Å²) >= 11 is 0. The van der Waals surface area contributed by atoms with E-state index in [-0.39, 0.29) is 12.7 Å². The van der Waals surface area contributed by atoms with E-state index in [1.165, 1.54) is 44.1 Å². The molecule has 0 radical (unpaired) electrons. The van der Waals surface area contributed by atoms with Crippen LogP contribution in [0.2, 0.25) is 0 Å². The van der Waals surface area contributed by atoms with Crippen LogP contribution in [0.1, 0.15) is 57.9 Å². The summed E-state index contributed by atoms with van der Waals surface area (Å²) in [7, 11) is 0. The highest BCUT2D eigenvalue weighted by Crippen LogP contribution is 2.16. The first-order valence-electron chi connectivity index (χ1n) is 8.70. The van der Waals surface area contributed by atoms with Gasteiger partial charge in [-0.15, -0.1) is 0 Å². The summed E-state index contributed by atoms with van der Waals surface area (Å²) in [6.07, 6.45) is 9.17. The normalized spacial score (nSPS) is 12.3. The molecule has 0 amide bonds. The maximum atomic E-state index is 8.66. The van der Waals surface area contributed by atoms with Gasteiger partial charge in [-0.3, -0.25) is 0 Å². The van der Waals surface area contributed by atoms with Crippen molar-refractivity contribution < 1.29 is 14.6 Å². The number of aryl methyl sites for hydroxylation is 1. The first kappa shape index (κ1) is 19.0. The average molecular weight is 308 g/mol. The van der Waals surface area contributed by atoms with Gasteiger partial charge in [0.15, 0.2) is 0 Å².